The van der Waals surface area contributed by atoms with Crippen molar-refractivity contribution < 1.29 is 14.7 Å². The van der Waals surface area contributed by atoms with Gasteiger partial charge in [-0.1, -0.05) is 12.2 Å². The normalized spacial score (nSPS) is 31.0. The third-order valence-corrected chi connectivity index (χ3v) is 5.47. The molecule has 2 bridgehead atoms. The number of allylic oxidation sites excluding steroid dienone is 2. The third kappa shape index (κ3) is 4.69. The van der Waals surface area contributed by atoms with Crippen molar-refractivity contribution in [2.24, 2.45) is 23.7 Å². The van der Waals surface area contributed by atoms with Gasteiger partial charge in [-0.25, -0.2) is 0 Å². The van der Waals surface area contributed by atoms with E-state index in [0.717, 1.165) is 55.6 Å². The van der Waals surface area contributed by atoms with Gasteiger partial charge >= 0.3 is 5.97 Å². The fraction of sp³-hybridized carbons (Fsp3) is 0.778. The Morgan fingerprint density at radius 2 is 1.81 bits per heavy atom. The number of carbonyl (C=O) groups excluding carboxylic acids is 1. The molecule has 0 spiro atoms. The summed E-state index contributed by atoms with van der Waals surface area (Å²) in [7, 11) is 0. The van der Waals surface area contributed by atoms with Gasteiger partial charge in [0.1, 0.15) is 6.29 Å². The molecule has 0 saturated heterocycles. The number of hydrogen-bond acceptors (Lipinski definition) is 2. The van der Waals surface area contributed by atoms with E-state index in [0.29, 0.717) is 6.42 Å². The standard InChI is InChI=1S/C18H28O3/c19-12-6-5-8-17-15-11-10-14(13-15)16(17)7-3-1-2-4-9-18(20)21/h1,3,12,14-17H,2,4-11,13H2,(H,20,21)/b3-1-/t14-,15+,16-,17+/m0/s1. The maximum absolute atomic E-state index is 10.5. The summed E-state index contributed by atoms with van der Waals surface area (Å²) in [6.45, 7) is 0. The molecule has 2 saturated carbocycles. The Labute approximate surface area is 127 Å². The van der Waals surface area contributed by atoms with Crippen LogP contribution in [0.5, 0.6) is 0 Å². The van der Waals surface area contributed by atoms with Crippen LogP contribution < -0.4 is 0 Å². The van der Waals surface area contributed by atoms with Crippen LogP contribution >= 0.6 is 0 Å². The van der Waals surface area contributed by atoms with Gasteiger partial charge < -0.3 is 9.90 Å². The number of carboxylic acid groups (broad SMARTS) is 1. The fourth-order valence-corrected chi connectivity index (χ4v) is 4.53. The Bertz CT molecular complexity index is 375. The molecule has 3 nitrogen and oxygen atoms in total. The lowest BCUT2D eigenvalue weighted by Crippen LogP contribution is -2.22. The van der Waals surface area contributed by atoms with Crippen molar-refractivity contribution >= 4 is 12.3 Å². The molecule has 0 aliphatic heterocycles. The molecule has 1 N–H and O–H groups in total. The van der Waals surface area contributed by atoms with Crippen LogP contribution in [0.15, 0.2) is 12.2 Å². The molecular formula is C18H28O3. The highest BCUT2D eigenvalue weighted by Gasteiger charge is 2.45. The van der Waals surface area contributed by atoms with E-state index in [9.17, 15) is 9.59 Å². The summed E-state index contributed by atoms with van der Waals surface area (Å²) in [6.07, 6.45) is 15.7. The van der Waals surface area contributed by atoms with Crippen molar-refractivity contribution in [1.29, 1.82) is 0 Å². The minimum Gasteiger partial charge on any atom is -0.481 e. The van der Waals surface area contributed by atoms with Gasteiger partial charge in [0.15, 0.2) is 0 Å². The second kappa shape index (κ2) is 8.35. The highest BCUT2D eigenvalue weighted by atomic mass is 16.4. The van der Waals surface area contributed by atoms with Crippen LogP contribution in [-0.2, 0) is 9.59 Å². The van der Waals surface area contributed by atoms with E-state index in [1.807, 2.05) is 0 Å². The van der Waals surface area contributed by atoms with Crippen molar-refractivity contribution in [3.05, 3.63) is 12.2 Å². The van der Waals surface area contributed by atoms with Crippen LogP contribution in [0.1, 0.15) is 64.2 Å². The Morgan fingerprint density at radius 1 is 1.05 bits per heavy atom. The Morgan fingerprint density at radius 3 is 2.52 bits per heavy atom. The van der Waals surface area contributed by atoms with Crippen LogP contribution in [0.2, 0.25) is 0 Å². The molecule has 0 amide bonds. The number of carboxylic acids is 1. The topological polar surface area (TPSA) is 54.4 Å². The minimum atomic E-state index is -0.702. The zero-order chi connectivity index (χ0) is 15.1. The van der Waals surface area contributed by atoms with Gasteiger partial charge in [0, 0.05) is 12.8 Å². The number of unbranched alkanes of at least 4 members (excludes halogenated alkanes) is 2. The molecule has 2 rings (SSSR count). The van der Waals surface area contributed by atoms with E-state index >= 15 is 0 Å². The highest BCUT2D eigenvalue weighted by Crippen LogP contribution is 2.55. The van der Waals surface area contributed by atoms with Crippen LogP contribution in [0, 0.1) is 23.7 Å². The van der Waals surface area contributed by atoms with Gasteiger partial charge in [-0.05, 0) is 75.0 Å². The van der Waals surface area contributed by atoms with E-state index in [1.165, 1.54) is 25.7 Å². The van der Waals surface area contributed by atoms with Crippen molar-refractivity contribution in [3.63, 3.8) is 0 Å². The Balaban J connectivity index is 1.73. The number of fused-ring (bicyclic) bond motifs is 2. The molecule has 0 aromatic rings. The van der Waals surface area contributed by atoms with Gasteiger partial charge in [0.25, 0.3) is 0 Å². The van der Waals surface area contributed by atoms with Gasteiger partial charge in [-0.2, -0.15) is 0 Å². The van der Waals surface area contributed by atoms with Gasteiger partial charge in [-0.15, -0.1) is 0 Å². The van der Waals surface area contributed by atoms with Crippen LogP contribution in [0.4, 0.5) is 0 Å². The first kappa shape index (κ1) is 16.3. The van der Waals surface area contributed by atoms with Gasteiger partial charge in [0.2, 0.25) is 0 Å². The minimum absolute atomic E-state index is 0.271. The molecule has 2 fully saturated rings. The largest absolute Gasteiger partial charge is 0.481 e. The zero-order valence-electron chi connectivity index (χ0n) is 12.9. The second-order valence-electron chi connectivity index (χ2n) is 6.75. The van der Waals surface area contributed by atoms with E-state index in [1.54, 1.807) is 0 Å². The monoisotopic (exact) mass is 292 g/mol. The second-order valence-corrected chi connectivity index (χ2v) is 6.75. The van der Waals surface area contributed by atoms with Crippen LogP contribution in [0.25, 0.3) is 0 Å². The summed E-state index contributed by atoms with van der Waals surface area (Å²) in [5.74, 6) is 2.75. The molecule has 0 heterocycles. The Kier molecular flexibility index (Phi) is 6.47. The highest BCUT2D eigenvalue weighted by molar-refractivity contribution is 5.66. The summed E-state index contributed by atoms with van der Waals surface area (Å²) < 4.78 is 0. The lowest BCUT2D eigenvalue weighted by atomic mass is 9.75. The first-order valence-corrected chi connectivity index (χ1v) is 8.52. The number of aldehydes is 1. The molecule has 0 unspecified atom stereocenters. The van der Waals surface area contributed by atoms with Crippen LogP contribution in [0.3, 0.4) is 0 Å². The van der Waals surface area contributed by atoms with Crippen molar-refractivity contribution in [2.45, 2.75) is 64.2 Å². The summed E-state index contributed by atoms with van der Waals surface area (Å²) in [5, 5.41) is 8.60. The first-order chi connectivity index (χ1) is 10.2. The summed E-state index contributed by atoms with van der Waals surface area (Å²) in [6, 6.07) is 0. The van der Waals surface area contributed by atoms with Crippen molar-refractivity contribution in [1.82, 2.24) is 0 Å². The average Bonchev–Trinajstić information content (AvgIpc) is 3.04. The molecule has 2 aliphatic rings. The summed E-state index contributed by atoms with van der Waals surface area (Å²) in [4.78, 5) is 20.9. The molecule has 4 atom stereocenters. The smallest absolute Gasteiger partial charge is 0.303 e. The Hall–Kier alpha value is -1.12. The third-order valence-electron chi connectivity index (χ3n) is 5.47. The number of rotatable bonds is 10. The quantitative estimate of drug-likeness (QED) is 0.372. The first-order valence-electron chi connectivity index (χ1n) is 8.52. The van der Waals surface area contributed by atoms with Crippen LogP contribution in [-0.4, -0.2) is 17.4 Å². The van der Waals surface area contributed by atoms with E-state index in [-0.39, 0.29) is 6.42 Å². The number of hydrogen-bond donors (Lipinski definition) is 1. The van der Waals surface area contributed by atoms with Crippen molar-refractivity contribution in [2.75, 3.05) is 0 Å². The molecule has 21 heavy (non-hydrogen) atoms. The lowest BCUT2D eigenvalue weighted by molar-refractivity contribution is -0.137. The molecule has 2 aliphatic carbocycles. The summed E-state index contributed by atoms with van der Waals surface area (Å²) in [5.41, 5.74) is 0. The summed E-state index contributed by atoms with van der Waals surface area (Å²) >= 11 is 0. The van der Waals surface area contributed by atoms with E-state index < -0.39 is 5.97 Å². The average molecular weight is 292 g/mol. The lowest BCUT2D eigenvalue weighted by Gasteiger charge is -2.30. The fourth-order valence-electron chi connectivity index (χ4n) is 4.53. The number of aliphatic carboxylic acids is 1. The molecule has 0 aromatic carbocycles. The molecule has 0 aromatic heterocycles. The number of carbonyl (C=O) groups is 2. The molecule has 0 radical (unpaired) electrons. The van der Waals surface area contributed by atoms with Crippen molar-refractivity contribution in [3.8, 4) is 0 Å². The van der Waals surface area contributed by atoms with E-state index in [4.69, 9.17) is 5.11 Å². The predicted octanol–water partition coefficient (Wildman–Crippen LogP) is 4.22. The van der Waals surface area contributed by atoms with Gasteiger partial charge in [-0.3, -0.25) is 4.79 Å². The predicted molar refractivity (Wildman–Crippen MR) is 83.0 cm³/mol. The molecule has 118 valence electrons. The SMILES string of the molecule is O=CCCC[C@@H]1[C@@H]2CC[C@@H](C2)[C@@H]1C/C=C\CCCC(=O)O. The van der Waals surface area contributed by atoms with Gasteiger partial charge in [0.05, 0.1) is 0 Å². The zero-order valence-corrected chi connectivity index (χ0v) is 12.9. The molecular weight excluding hydrogens is 264 g/mol. The van der Waals surface area contributed by atoms with E-state index in [2.05, 4.69) is 12.2 Å². The maximum atomic E-state index is 10.5. The maximum Gasteiger partial charge on any atom is 0.303 e. The molecule has 3 heteroatoms.